The minimum Gasteiger partial charge on any atom is -0.381 e. The molecular formula is C15H22N2OS. The topological polar surface area (TPSA) is 55.1 Å². The third-order valence-electron chi connectivity index (χ3n) is 3.73. The molecule has 0 radical (unpaired) electrons. The van der Waals surface area contributed by atoms with Gasteiger partial charge in [0.1, 0.15) is 0 Å². The Morgan fingerprint density at radius 2 is 2.11 bits per heavy atom. The molecule has 0 spiro atoms. The fourth-order valence-electron chi connectivity index (χ4n) is 2.40. The summed E-state index contributed by atoms with van der Waals surface area (Å²) in [4.78, 5) is 12.0. The van der Waals surface area contributed by atoms with Gasteiger partial charge >= 0.3 is 0 Å². The lowest BCUT2D eigenvalue weighted by atomic mass is 9.73. The first-order valence-electron chi connectivity index (χ1n) is 6.83. The predicted molar refractivity (Wildman–Crippen MR) is 81.3 cm³/mol. The third-order valence-corrected chi connectivity index (χ3v) is 4.83. The van der Waals surface area contributed by atoms with Gasteiger partial charge in [-0.1, -0.05) is 26.0 Å². The van der Waals surface area contributed by atoms with Gasteiger partial charge in [-0.2, -0.15) is 0 Å². The summed E-state index contributed by atoms with van der Waals surface area (Å²) in [6.45, 7) is 4.58. The van der Waals surface area contributed by atoms with Crippen LogP contribution in [0.4, 0.5) is 5.69 Å². The van der Waals surface area contributed by atoms with Gasteiger partial charge in [0, 0.05) is 16.6 Å². The van der Waals surface area contributed by atoms with E-state index < -0.39 is 0 Å². The standard InChI is InChI=1S/C15H22N2OS/c1-10(2)11-7-12(8-11)17-13-5-3-4-6-14(13)19-9-15(16)18/h3-6,10-12,17H,7-9H2,1-2H3,(H2,16,18). The van der Waals surface area contributed by atoms with Gasteiger partial charge in [-0.15, -0.1) is 11.8 Å². The highest BCUT2D eigenvalue weighted by Crippen LogP contribution is 2.37. The van der Waals surface area contributed by atoms with Gasteiger partial charge in [-0.25, -0.2) is 0 Å². The molecule has 1 aliphatic rings. The normalized spacial score (nSPS) is 22.1. The van der Waals surface area contributed by atoms with E-state index in [2.05, 4.69) is 25.2 Å². The number of hydrogen-bond acceptors (Lipinski definition) is 3. The highest BCUT2D eigenvalue weighted by atomic mass is 32.2. The fraction of sp³-hybridized carbons (Fsp3) is 0.533. The number of para-hydroxylation sites is 1. The second-order valence-electron chi connectivity index (χ2n) is 5.57. The van der Waals surface area contributed by atoms with E-state index in [9.17, 15) is 4.79 Å². The second kappa shape index (κ2) is 6.33. The maximum Gasteiger partial charge on any atom is 0.227 e. The molecule has 104 valence electrons. The molecule has 3 nitrogen and oxygen atoms in total. The second-order valence-corrected chi connectivity index (χ2v) is 6.59. The predicted octanol–water partition coefficient (Wildman–Crippen LogP) is 3.11. The molecule has 1 fully saturated rings. The first-order chi connectivity index (χ1) is 9.06. The van der Waals surface area contributed by atoms with Gasteiger partial charge in [0.2, 0.25) is 5.91 Å². The third kappa shape index (κ3) is 3.90. The first-order valence-corrected chi connectivity index (χ1v) is 7.81. The Kier molecular flexibility index (Phi) is 4.75. The summed E-state index contributed by atoms with van der Waals surface area (Å²) in [5, 5.41) is 3.58. The average molecular weight is 278 g/mol. The number of anilines is 1. The molecule has 0 atom stereocenters. The molecule has 1 amide bonds. The quantitative estimate of drug-likeness (QED) is 0.786. The smallest absolute Gasteiger partial charge is 0.227 e. The molecule has 0 heterocycles. The lowest BCUT2D eigenvalue weighted by Crippen LogP contribution is -2.38. The van der Waals surface area contributed by atoms with Crippen LogP contribution in [0.3, 0.4) is 0 Å². The Morgan fingerprint density at radius 3 is 2.74 bits per heavy atom. The van der Waals surface area contributed by atoms with Crippen LogP contribution in [0.2, 0.25) is 0 Å². The van der Waals surface area contributed by atoms with Crippen LogP contribution in [-0.2, 0) is 4.79 Å². The Morgan fingerprint density at radius 1 is 1.42 bits per heavy atom. The van der Waals surface area contributed by atoms with Gasteiger partial charge in [-0.3, -0.25) is 4.79 Å². The van der Waals surface area contributed by atoms with E-state index in [0.717, 1.165) is 22.4 Å². The summed E-state index contributed by atoms with van der Waals surface area (Å²) in [7, 11) is 0. The molecule has 0 saturated heterocycles. The van der Waals surface area contributed by atoms with E-state index in [0.29, 0.717) is 11.8 Å². The molecule has 0 aromatic heterocycles. The van der Waals surface area contributed by atoms with Crippen molar-refractivity contribution in [2.45, 2.75) is 37.6 Å². The van der Waals surface area contributed by atoms with Crippen LogP contribution in [0.1, 0.15) is 26.7 Å². The lowest BCUT2D eigenvalue weighted by Gasteiger charge is -2.39. The molecule has 19 heavy (non-hydrogen) atoms. The average Bonchev–Trinajstić information content (AvgIpc) is 2.31. The number of rotatable bonds is 6. The number of nitrogens with one attached hydrogen (secondary N) is 1. The zero-order valence-electron chi connectivity index (χ0n) is 11.6. The highest BCUT2D eigenvalue weighted by Gasteiger charge is 2.31. The van der Waals surface area contributed by atoms with Crippen molar-refractivity contribution in [1.29, 1.82) is 0 Å². The minimum atomic E-state index is -0.275. The Hall–Kier alpha value is -1.16. The molecule has 1 aromatic rings. The minimum absolute atomic E-state index is 0.275. The van der Waals surface area contributed by atoms with E-state index >= 15 is 0 Å². The molecule has 0 unspecified atom stereocenters. The first kappa shape index (κ1) is 14.3. The Bertz CT molecular complexity index is 442. The summed E-state index contributed by atoms with van der Waals surface area (Å²) in [6, 6.07) is 8.70. The molecule has 2 rings (SSSR count). The summed E-state index contributed by atoms with van der Waals surface area (Å²) in [6.07, 6.45) is 2.49. The van der Waals surface area contributed by atoms with Crippen molar-refractivity contribution >= 4 is 23.4 Å². The van der Waals surface area contributed by atoms with E-state index in [1.165, 1.54) is 24.6 Å². The number of carbonyl (C=O) groups excluding carboxylic acids is 1. The Labute approximate surface area is 119 Å². The van der Waals surface area contributed by atoms with Gasteiger partial charge in [0.05, 0.1) is 5.75 Å². The number of amides is 1. The van der Waals surface area contributed by atoms with Crippen LogP contribution in [-0.4, -0.2) is 17.7 Å². The van der Waals surface area contributed by atoms with Crippen molar-refractivity contribution in [3.05, 3.63) is 24.3 Å². The van der Waals surface area contributed by atoms with Crippen molar-refractivity contribution in [3.8, 4) is 0 Å². The van der Waals surface area contributed by atoms with Crippen molar-refractivity contribution in [2.75, 3.05) is 11.1 Å². The molecule has 3 N–H and O–H groups in total. The van der Waals surface area contributed by atoms with Crippen LogP contribution in [0, 0.1) is 11.8 Å². The number of hydrogen-bond donors (Lipinski definition) is 2. The van der Waals surface area contributed by atoms with Crippen LogP contribution < -0.4 is 11.1 Å². The van der Waals surface area contributed by atoms with Crippen LogP contribution in [0.15, 0.2) is 29.2 Å². The Balaban J connectivity index is 1.91. The van der Waals surface area contributed by atoms with Crippen molar-refractivity contribution in [3.63, 3.8) is 0 Å². The maximum atomic E-state index is 10.9. The van der Waals surface area contributed by atoms with E-state index in [1.807, 2.05) is 18.2 Å². The summed E-state index contributed by atoms with van der Waals surface area (Å²) in [5.74, 6) is 1.68. The molecule has 4 heteroatoms. The lowest BCUT2D eigenvalue weighted by molar-refractivity contribution is -0.115. The van der Waals surface area contributed by atoms with Crippen LogP contribution >= 0.6 is 11.8 Å². The largest absolute Gasteiger partial charge is 0.381 e. The van der Waals surface area contributed by atoms with Crippen molar-refractivity contribution < 1.29 is 4.79 Å². The molecule has 1 saturated carbocycles. The molecular weight excluding hydrogens is 256 g/mol. The number of thioether (sulfide) groups is 1. The van der Waals surface area contributed by atoms with Gasteiger partial charge in [0.15, 0.2) is 0 Å². The molecule has 1 aliphatic carbocycles. The molecule has 0 bridgehead atoms. The van der Waals surface area contributed by atoms with Crippen molar-refractivity contribution in [2.24, 2.45) is 17.6 Å². The summed E-state index contributed by atoms with van der Waals surface area (Å²) >= 11 is 1.50. The number of benzene rings is 1. The van der Waals surface area contributed by atoms with Crippen molar-refractivity contribution in [1.82, 2.24) is 0 Å². The summed E-state index contributed by atoms with van der Waals surface area (Å²) < 4.78 is 0. The number of nitrogens with two attached hydrogens (primary N) is 1. The SMILES string of the molecule is CC(C)C1CC(Nc2ccccc2SCC(N)=O)C1. The van der Waals surface area contributed by atoms with Gasteiger partial charge in [-0.05, 0) is 36.8 Å². The maximum absolute atomic E-state index is 10.9. The monoisotopic (exact) mass is 278 g/mol. The highest BCUT2D eigenvalue weighted by molar-refractivity contribution is 8.00. The van der Waals surface area contributed by atoms with E-state index in [1.54, 1.807) is 0 Å². The van der Waals surface area contributed by atoms with E-state index in [4.69, 9.17) is 5.73 Å². The number of carbonyl (C=O) groups is 1. The molecule has 0 aliphatic heterocycles. The van der Waals surface area contributed by atoms with Crippen LogP contribution in [0.5, 0.6) is 0 Å². The van der Waals surface area contributed by atoms with Gasteiger partial charge < -0.3 is 11.1 Å². The zero-order chi connectivity index (χ0) is 13.8. The van der Waals surface area contributed by atoms with Crippen LogP contribution in [0.25, 0.3) is 0 Å². The van der Waals surface area contributed by atoms with E-state index in [-0.39, 0.29) is 5.91 Å². The summed E-state index contributed by atoms with van der Waals surface area (Å²) in [5.41, 5.74) is 6.33. The fourth-order valence-corrected chi connectivity index (χ4v) is 3.16. The molecule has 1 aromatic carbocycles. The zero-order valence-corrected chi connectivity index (χ0v) is 12.4. The number of primary amides is 1. The van der Waals surface area contributed by atoms with Gasteiger partial charge in [0.25, 0.3) is 0 Å².